The maximum absolute atomic E-state index is 9.33. The molecule has 0 unspecified atom stereocenters. The van der Waals surface area contributed by atoms with Crippen molar-refractivity contribution in [3.8, 4) is 0 Å². The van der Waals surface area contributed by atoms with Crippen LogP contribution in [0.5, 0.6) is 0 Å². The second kappa shape index (κ2) is 5.93. The van der Waals surface area contributed by atoms with E-state index < -0.39 is 0 Å². The van der Waals surface area contributed by atoms with Gasteiger partial charge < -0.3 is 15.4 Å². The van der Waals surface area contributed by atoms with E-state index in [1.54, 1.807) is 18.0 Å². The van der Waals surface area contributed by atoms with Gasteiger partial charge in [0.1, 0.15) is 0 Å². The highest BCUT2D eigenvalue weighted by Gasteiger charge is 2.09. The Labute approximate surface area is 111 Å². The first-order valence-corrected chi connectivity index (χ1v) is 6.85. The fourth-order valence-corrected chi connectivity index (χ4v) is 2.46. The van der Waals surface area contributed by atoms with E-state index in [-0.39, 0.29) is 6.61 Å². The molecule has 0 spiro atoms. The highest BCUT2D eigenvalue weighted by Crippen LogP contribution is 2.20. The zero-order valence-electron chi connectivity index (χ0n) is 10.3. The highest BCUT2D eigenvalue weighted by molar-refractivity contribution is 7.99. The van der Waals surface area contributed by atoms with Gasteiger partial charge in [0.05, 0.1) is 18.5 Å². The summed E-state index contributed by atoms with van der Waals surface area (Å²) in [5.74, 6) is 0.962. The van der Waals surface area contributed by atoms with Gasteiger partial charge in [-0.2, -0.15) is 0 Å². The second-order valence-corrected chi connectivity index (χ2v) is 5.18. The van der Waals surface area contributed by atoms with Gasteiger partial charge in [0.25, 0.3) is 0 Å². The van der Waals surface area contributed by atoms with Crippen molar-refractivity contribution >= 4 is 17.4 Å². The number of anilines is 1. The number of imidazole rings is 1. The normalized spacial score (nSPS) is 10.8. The largest absolute Gasteiger partial charge is 0.399 e. The Morgan fingerprint density at radius 1 is 1.33 bits per heavy atom. The van der Waals surface area contributed by atoms with Crippen molar-refractivity contribution in [2.24, 2.45) is 0 Å². The Kier molecular flexibility index (Phi) is 4.28. The van der Waals surface area contributed by atoms with Gasteiger partial charge in [-0.05, 0) is 23.4 Å². The van der Waals surface area contributed by atoms with Crippen molar-refractivity contribution in [2.75, 3.05) is 11.5 Å². The van der Waals surface area contributed by atoms with Crippen LogP contribution < -0.4 is 5.73 Å². The Balaban J connectivity index is 2.26. The number of hydrogen-bond acceptors (Lipinski definition) is 4. The summed E-state index contributed by atoms with van der Waals surface area (Å²) in [5.41, 5.74) is 8.41. The fourth-order valence-electron chi connectivity index (χ4n) is 1.74. The lowest BCUT2D eigenvalue weighted by Crippen LogP contribution is -2.06. The summed E-state index contributed by atoms with van der Waals surface area (Å²) in [6.07, 6.45) is 1.73. The van der Waals surface area contributed by atoms with Crippen LogP contribution in [-0.2, 0) is 13.2 Å². The number of nitrogens with zero attached hydrogens (tertiary/aromatic N) is 2. The molecular formula is C13H17N3OS. The number of aliphatic hydroxyl groups excluding tert-OH is 1. The van der Waals surface area contributed by atoms with Crippen molar-refractivity contribution in [1.82, 2.24) is 9.55 Å². The number of hydrogen-bond donors (Lipinski definition) is 2. The Morgan fingerprint density at radius 3 is 2.67 bits per heavy atom. The van der Waals surface area contributed by atoms with Crippen molar-refractivity contribution in [3.63, 3.8) is 0 Å². The first-order chi connectivity index (χ1) is 8.74. The van der Waals surface area contributed by atoms with Gasteiger partial charge in [-0.25, -0.2) is 4.98 Å². The molecule has 0 radical (unpaired) electrons. The third kappa shape index (κ3) is 2.86. The molecule has 18 heavy (non-hydrogen) atoms. The van der Waals surface area contributed by atoms with Crippen LogP contribution in [0.1, 0.15) is 18.2 Å². The average molecular weight is 263 g/mol. The monoisotopic (exact) mass is 263 g/mol. The Hall–Kier alpha value is -1.46. The van der Waals surface area contributed by atoms with E-state index in [4.69, 9.17) is 5.73 Å². The summed E-state index contributed by atoms with van der Waals surface area (Å²) in [6.45, 7) is 2.80. The molecule has 1 aromatic carbocycles. The zero-order chi connectivity index (χ0) is 13.0. The molecule has 1 heterocycles. The number of thioether (sulfide) groups is 1. The molecule has 2 aromatic rings. The topological polar surface area (TPSA) is 64.1 Å². The fraction of sp³-hybridized carbons (Fsp3) is 0.308. The van der Waals surface area contributed by atoms with Crippen LogP contribution in [-0.4, -0.2) is 20.4 Å². The molecule has 0 fully saturated rings. The predicted octanol–water partition coefficient (Wildman–Crippen LogP) is 2.12. The summed E-state index contributed by atoms with van der Waals surface area (Å²) >= 11 is 1.68. The number of nitrogen functional groups attached to an aromatic ring is 1. The summed E-state index contributed by atoms with van der Waals surface area (Å²) in [6, 6.07) is 7.77. The maximum Gasteiger partial charge on any atom is 0.168 e. The van der Waals surface area contributed by atoms with E-state index in [0.29, 0.717) is 6.54 Å². The van der Waals surface area contributed by atoms with Gasteiger partial charge in [-0.1, -0.05) is 30.8 Å². The summed E-state index contributed by atoms with van der Waals surface area (Å²) < 4.78 is 2.04. The quantitative estimate of drug-likeness (QED) is 0.640. The molecule has 0 saturated heterocycles. The summed E-state index contributed by atoms with van der Waals surface area (Å²) in [5, 5.41) is 10.3. The molecule has 1 aromatic heterocycles. The zero-order valence-corrected chi connectivity index (χ0v) is 11.2. The Morgan fingerprint density at radius 2 is 2.06 bits per heavy atom. The van der Waals surface area contributed by atoms with E-state index in [9.17, 15) is 5.11 Å². The van der Waals surface area contributed by atoms with E-state index >= 15 is 0 Å². The van der Waals surface area contributed by atoms with Gasteiger partial charge >= 0.3 is 0 Å². The molecule has 0 aliphatic rings. The molecule has 0 aliphatic heterocycles. The lowest BCUT2D eigenvalue weighted by molar-refractivity contribution is 0.270. The maximum atomic E-state index is 9.33. The first-order valence-electron chi connectivity index (χ1n) is 5.87. The van der Waals surface area contributed by atoms with E-state index in [1.807, 2.05) is 28.8 Å². The lowest BCUT2D eigenvalue weighted by atomic mass is 10.2. The SMILES string of the molecule is CCSc1ncc(CO)n1Cc1ccc(N)cc1. The van der Waals surface area contributed by atoms with E-state index in [1.165, 1.54) is 0 Å². The van der Waals surface area contributed by atoms with Crippen molar-refractivity contribution in [2.45, 2.75) is 25.2 Å². The van der Waals surface area contributed by atoms with Crippen LogP contribution in [0.3, 0.4) is 0 Å². The molecule has 0 amide bonds. The molecule has 0 bridgehead atoms. The summed E-state index contributed by atoms with van der Waals surface area (Å²) in [7, 11) is 0. The molecular weight excluding hydrogens is 246 g/mol. The predicted molar refractivity (Wildman–Crippen MR) is 74.5 cm³/mol. The number of benzene rings is 1. The molecule has 2 rings (SSSR count). The number of aliphatic hydroxyl groups is 1. The first kappa shape index (κ1) is 13.0. The van der Waals surface area contributed by atoms with Gasteiger partial charge in [0.2, 0.25) is 0 Å². The van der Waals surface area contributed by atoms with E-state index in [0.717, 1.165) is 27.9 Å². The standard InChI is InChI=1S/C13H17N3OS/c1-2-18-13-15-7-12(9-17)16(13)8-10-3-5-11(14)6-4-10/h3-7,17H,2,8-9,14H2,1H3. The number of aromatic nitrogens is 2. The number of nitrogens with two attached hydrogens (primary N) is 1. The minimum atomic E-state index is 0.00620. The van der Waals surface area contributed by atoms with Crippen LogP contribution in [0.4, 0.5) is 5.69 Å². The van der Waals surface area contributed by atoms with Crippen molar-refractivity contribution in [1.29, 1.82) is 0 Å². The van der Waals surface area contributed by atoms with Crippen LogP contribution in [0.25, 0.3) is 0 Å². The van der Waals surface area contributed by atoms with Crippen LogP contribution in [0, 0.1) is 0 Å². The third-order valence-electron chi connectivity index (χ3n) is 2.66. The average Bonchev–Trinajstić information content (AvgIpc) is 2.75. The minimum Gasteiger partial charge on any atom is -0.399 e. The lowest BCUT2D eigenvalue weighted by Gasteiger charge is -2.10. The van der Waals surface area contributed by atoms with Gasteiger partial charge in [0, 0.05) is 12.2 Å². The third-order valence-corrected chi connectivity index (χ3v) is 3.53. The highest BCUT2D eigenvalue weighted by atomic mass is 32.2. The summed E-state index contributed by atoms with van der Waals surface area (Å²) in [4.78, 5) is 4.33. The molecule has 0 aliphatic carbocycles. The van der Waals surface area contributed by atoms with Crippen LogP contribution in [0.2, 0.25) is 0 Å². The smallest absolute Gasteiger partial charge is 0.168 e. The molecule has 4 nitrogen and oxygen atoms in total. The van der Waals surface area contributed by atoms with Crippen molar-refractivity contribution < 1.29 is 5.11 Å². The van der Waals surface area contributed by atoms with Crippen molar-refractivity contribution in [3.05, 3.63) is 41.7 Å². The Bertz CT molecular complexity index is 507. The van der Waals surface area contributed by atoms with E-state index in [2.05, 4.69) is 11.9 Å². The van der Waals surface area contributed by atoms with Gasteiger partial charge in [0.15, 0.2) is 5.16 Å². The van der Waals surface area contributed by atoms with Gasteiger partial charge in [-0.3, -0.25) is 0 Å². The molecule has 5 heteroatoms. The van der Waals surface area contributed by atoms with Gasteiger partial charge in [-0.15, -0.1) is 0 Å². The molecule has 0 atom stereocenters. The van der Waals surface area contributed by atoms with Crippen LogP contribution in [0.15, 0.2) is 35.6 Å². The minimum absolute atomic E-state index is 0.00620. The molecule has 0 saturated carbocycles. The molecule has 96 valence electrons. The second-order valence-electron chi connectivity index (χ2n) is 3.95. The molecule has 3 N–H and O–H groups in total. The van der Waals surface area contributed by atoms with Crippen LogP contribution >= 0.6 is 11.8 Å². The number of rotatable bonds is 5.